The van der Waals surface area contributed by atoms with Gasteiger partial charge >= 0.3 is 0 Å². The number of amides is 1. The molecule has 2 aromatic carbocycles. The average molecular weight is 553 g/mol. The molecular formula is C32H36N6O3. The van der Waals surface area contributed by atoms with Gasteiger partial charge in [0, 0.05) is 62.3 Å². The van der Waals surface area contributed by atoms with Crippen molar-refractivity contribution in [3.63, 3.8) is 0 Å². The minimum atomic E-state index is -0.130. The summed E-state index contributed by atoms with van der Waals surface area (Å²) in [4.78, 5) is 32.3. The lowest BCUT2D eigenvalue weighted by atomic mass is 10.0. The van der Waals surface area contributed by atoms with Gasteiger partial charge < -0.3 is 19.7 Å². The van der Waals surface area contributed by atoms with E-state index in [0.717, 1.165) is 92.6 Å². The summed E-state index contributed by atoms with van der Waals surface area (Å²) in [5.41, 5.74) is 4.85. The van der Waals surface area contributed by atoms with Crippen LogP contribution in [0.5, 0.6) is 5.75 Å². The van der Waals surface area contributed by atoms with E-state index >= 15 is 0 Å². The number of pyridine rings is 1. The molecule has 2 aliphatic rings. The summed E-state index contributed by atoms with van der Waals surface area (Å²) < 4.78 is 11.1. The number of methoxy groups -OCH3 is 1. The van der Waals surface area contributed by atoms with Gasteiger partial charge in [-0.05, 0) is 61.2 Å². The molecule has 2 aromatic heterocycles. The van der Waals surface area contributed by atoms with Gasteiger partial charge in [-0.3, -0.25) is 14.7 Å². The zero-order chi connectivity index (χ0) is 28.0. The molecule has 4 aromatic rings. The highest BCUT2D eigenvalue weighted by Crippen LogP contribution is 2.34. The first-order valence-corrected chi connectivity index (χ1v) is 14.4. The first kappa shape index (κ1) is 27.1. The first-order chi connectivity index (χ1) is 20.2. The number of hydrogen-bond acceptors (Lipinski definition) is 8. The highest BCUT2D eigenvalue weighted by molar-refractivity contribution is 5.98. The van der Waals surface area contributed by atoms with E-state index in [4.69, 9.17) is 19.4 Å². The molecule has 0 bridgehead atoms. The van der Waals surface area contributed by atoms with Crippen LogP contribution in [-0.2, 0) is 11.2 Å². The number of fused-ring (bicyclic) bond motifs is 1. The molecule has 0 unspecified atom stereocenters. The summed E-state index contributed by atoms with van der Waals surface area (Å²) in [6, 6.07) is 18.0. The molecule has 1 amide bonds. The van der Waals surface area contributed by atoms with E-state index in [0.29, 0.717) is 23.7 Å². The minimum absolute atomic E-state index is 0.130. The number of ether oxygens (including phenoxy) is 2. The van der Waals surface area contributed by atoms with Gasteiger partial charge in [-0.25, -0.2) is 9.97 Å². The van der Waals surface area contributed by atoms with Crippen molar-refractivity contribution in [1.82, 2.24) is 25.2 Å². The molecule has 212 valence electrons. The third-order valence-corrected chi connectivity index (χ3v) is 8.00. The lowest BCUT2D eigenvalue weighted by molar-refractivity contribution is 0.0115. The summed E-state index contributed by atoms with van der Waals surface area (Å²) in [5, 5.41) is 3.02. The van der Waals surface area contributed by atoms with Crippen LogP contribution in [0, 0.1) is 0 Å². The number of hydrogen-bond donors (Lipinski definition) is 1. The SMILES string of the molecule is COc1cccc(-c2nc3cc(C(=O)NCCc4cccnc4)ccc3nc2N2CCC(N3CCOCC3)CC2)c1. The zero-order valence-electron chi connectivity index (χ0n) is 23.5. The maximum Gasteiger partial charge on any atom is 0.251 e. The molecule has 6 rings (SSSR count). The van der Waals surface area contributed by atoms with Gasteiger partial charge in [0.15, 0.2) is 5.82 Å². The molecular weight excluding hydrogens is 516 g/mol. The van der Waals surface area contributed by atoms with E-state index in [1.807, 2.05) is 60.8 Å². The molecule has 9 nitrogen and oxygen atoms in total. The summed E-state index contributed by atoms with van der Waals surface area (Å²) >= 11 is 0. The van der Waals surface area contributed by atoms with Gasteiger partial charge in [-0.1, -0.05) is 18.2 Å². The fourth-order valence-electron chi connectivity index (χ4n) is 5.72. The number of aromatic nitrogens is 3. The lowest BCUT2D eigenvalue weighted by Gasteiger charge is -2.40. The lowest BCUT2D eigenvalue weighted by Crippen LogP contribution is -2.49. The van der Waals surface area contributed by atoms with Crippen molar-refractivity contribution in [3.8, 4) is 17.0 Å². The summed E-state index contributed by atoms with van der Waals surface area (Å²) in [5.74, 6) is 1.51. The van der Waals surface area contributed by atoms with E-state index in [-0.39, 0.29) is 5.91 Å². The third-order valence-electron chi connectivity index (χ3n) is 8.00. The number of carbonyl (C=O) groups excluding carboxylic acids is 1. The number of anilines is 1. The normalized spacial score (nSPS) is 16.6. The molecule has 0 radical (unpaired) electrons. The van der Waals surface area contributed by atoms with Gasteiger partial charge in [0.05, 0.1) is 31.4 Å². The number of nitrogens with one attached hydrogen (secondary N) is 1. The monoisotopic (exact) mass is 552 g/mol. The Morgan fingerprint density at radius 1 is 1.00 bits per heavy atom. The number of carbonyl (C=O) groups is 1. The molecule has 0 atom stereocenters. The van der Waals surface area contributed by atoms with Crippen molar-refractivity contribution in [3.05, 3.63) is 78.1 Å². The molecule has 0 aliphatic carbocycles. The number of piperidine rings is 1. The molecule has 41 heavy (non-hydrogen) atoms. The predicted octanol–water partition coefficient (Wildman–Crippen LogP) is 3.97. The molecule has 0 spiro atoms. The van der Waals surface area contributed by atoms with Crippen molar-refractivity contribution in [2.45, 2.75) is 25.3 Å². The van der Waals surface area contributed by atoms with Crippen LogP contribution in [0.25, 0.3) is 22.3 Å². The van der Waals surface area contributed by atoms with Crippen LogP contribution in [0.3, 0.4) is 0 Å². The second-order valence-corrected chi connectivity index (χ2v) is 10.6. The number of nitrogens with zero attached hydrogens (tertiary/aromatic N) is 5. The average Bonchev–Trinajstić information content (AvgIpc) is 3.05. The van der Waals surface area contributed by atoms with E-state index in [9.17, 15) is 4.79 Å². The Balaban J connectivity index is 1.26. The zero-order valence-corrected chi connectivity index (χ0v) is 23.5. The molecule has 4 heterocycles. The second-order valence-electron chi connectivity index (χ2n) is 10.6. The van der Waals surface area contributed by atoms with E-state index in [2.05, 4.69) is 20.1 Å². The van der Waals surface area contributed by atoms with E-state index in [1.165, 1.54) is 0 Å². The molecule has 2 saturated heterocycles. The minimum Gasteiger partial charge on any atom is -0.497 e. The summed E-state index contributed by atoms with van der Waals surface area (Å²) in [7, 11) is 1.67. The molecule has 9 heteroatoms. The van der Waals surface area contributed by atoms with Crippen molar-refractivity contribution in [2.24, 2.45) is 0 Å². The van der Waals surface area contributed by atoms with E-state index in [1.54, 1.807) is 13.3 Å². The van der Waals surface area contributed by atoms with Crippen LogP contribution >= 0.6 is 0 Å². The van der Waals surface area contributed by atoms with Crippen LogP contribution in [-0.4, -0.2) is 84.8 Å². The standard InChI is InChI=1S/C32H36N6O3/c1-40-27-6-2-5-24(20-27)30-31(38-14-10-26(11-15-38)37-16-18-41-19-17-37)36-28-8-7-25(21-29(28)35-30)32(39)34-13-9-23-4-3-12-33-22-23/h2-8,12,20-22,26H,9-11,13-19H2,1H3,(H,34,39). The van der Waals surface area contributed by atoms with Gasteiger partial charge in [0.2, 0.25) is 0 Å². The van der Waals surface area contributed by atoms with Crippen molar-refractivity contribution in [2.75, 3.05) is 57.9 Å². The smallest absolute Gasteiger partial charge is 0.251 e. The van der Waals surface area contributed by atoms with Gasteiger partial charge in [0.25, 0.3) is 5.91 Å². The number of rotatable bonds is 8. The fourth-order valence-corrected chi connectivity index (χ4v) is 5.72. The Morgan fingerprint density at radius 3 is 2.63 bits per heavy atom. The highest BCUT2D eigenvalue weighted by atomic mass is 16.5. The Bertz CT molecular complexity index is 1480. The molecule has 2 aliphatic heterocycles. The predicted molar refractivity (Wildman–Crippen MR) is 159 cm³/mol. The van der Waals surface area contributed by atoms with Gasteiger partial charge in [-0.2, -0.15) is 0 Å². The molecule has 2 fully saturated rings. The number of morpholine rings is 1. The van der Waals surface area contributed by atoms with Crippen LogP contribution in [0.4, 0.5) is 5.82 Å². The Kier molecular flexibility index (Phi) is 8.34. The largest absolute Gasteiger partial charge is 0.497 e. The summed E-state index contributed by atoms with van der Waals surface area (Å²) in [6.45, 7) is 6.02. The quantitative estimate of drug-likeness (QED) is 0.351. The van der Waals surface area contributed by atoms with Crippen LogP contribution in [0.15, 0.2) is 67.0 Å². The van der Waals surface area contributed by atoms with Crippen molar-refractivity contribution in [1.29, 1.82) is 0 Å². The maximum absolute atomic E-state index is 13.0. The fraction of sp³-hybridized carbons (Fsp3) is 0.375. The van der Waals surface area contributed by atoms with E-state index < -0.39 is 0 Å². The topological polar surface area (TPSA) is 92.7 Å². The molecule has 1 N–H and O–H groups in total. The van der Waals surface area contributed by atoms with Crippen LogP contribution in [0.2, 0.25) is 0 Å². The highest BCUT2D eigenvalue weighted by Gasteiger charge is 2.28. The van der Waals surface area contributed by atoms with Crippen molar-refractivity contribution < 1.29 is 14.3 Å². The maximum atomic E-state index is 13.0. The van der Waals surface area contributed by atoms with Gasteiger partial charge in [-0.15, -0.1) is 0 Å². The molecule has 0 saturated carbocycles. The van der Waals surface area contributed by atoms with Crippen LogP contribution in [0.1, 0.15) is 28.8 Å². The van der Waals surface area contributed by atoms with Crippen molar-refractivity contribution >= 4 is 22.8 Å². The number of benzene rings is 2. The van der Waals surface area contributed by atoms with Gasteiger partial charge in [0.1, 0.15) is 11.4 Å². The Labute approximate surface area is 240 Å². The van der Waals surface area contributed by atoms with Crippen LogP contribution < -0.4 is 15.0 Å². The Morgan fingerprint density at radius 2 is 1.85 bits per heavy atom. The summed E-state index contributed by atoms with van der Waals surface area (Å²) in [6.07, 6.45) is 6.45. The first-order valence-electron chi connectivity index (χ1n) is 14.4. The second kappa shape index (κ2) is 12.6. The third kappa shape index (κ3) is 6.31. The Hall–Kier alpha value is -4.08.